The lowest BCUT2D eigenvalue weighted by atomic mass is 10.3. The molecular formula is C8H11N3O3. The predicted molar refractivity (Wildman–Crippen MR) is 48.9 cm³/mol. The molecule has 1 atom stereocenters. The van der Waals surface area contributed by atoms with Crippen LogP contribution >= 0.6 is 0 Å². The Morgan fingerprint density at radius 2 is 2.50 bits per heavy atom. The van der Waals surface area contributed by atoms with Gasteiger partial charge >= 0.3 is 0 Å². The molecule has 1 heterocycles. The molecule has 3 N–H and O–H groups in total. The second-order valence-electron chi connectivity index (χ2n) is 2.85. The van der Waals surface area contributed by atoms with Crippen LogP contribution in [0, 0.1) is 0 Å². The molecule has 0 radical (unpaired) electrons. The summed E-state index contributed by atoms with van der Waals surface area (Å²) in [5.41, 5.74) is -0.248. The minimum atomic E-state index is -0.428. The topological polar surface area (TPSA) is 95.1 Å². The van der Waals surface area contributed by atoms with E-state index >= 15 is 0 Å². The van der Waals surface area contributed by atoms with Crippen molar-refractivity contribution < 1.29 is 9.90 Å². The van der Waals surface area contributed by atoms with Crippen LogP contribution in [-0.2, 0) is 0 Å². The van der Waals surface area contributed by atoms with Gasteiger partial charge in [-0.1, -0.05) is 0 Å². The number of H-pyrrole nitrogens is 1. The number of amides is 1. The third kappa shape index (κ3) is 2.67. The van der Waals surface area contributed by atoms with Crippen LogP contribution in [0.5, 0.6) is 0 Å². The highest BCUT2D eigenvalue weighted by molar-refractivity contribution is 5.92. The van der Waals surface area contributed by atoms with E-state index in [9.17, 15) is 9.59 Å². The van der Waals surface area contributed by atoms with Gasteiger partial charge in [0, 0.05) is 12.2 Å². The molecule has 0 aliphatic carbocycles. The number of aliphatic hydroxyl groups excluding tert-OH is 1. The summed E-state index contributed by atoms with van der Waals surface area (Å²) in [5, 5.41) is 11.2. The zero-order valence-corrected chi connectivity index (χ0v) is 7.65. The molecule has 6 heteroatoms. The first-order chi connectivity index (χ1) is 6.63. The molecule has 1 aromatic rings. The van der Waals surface area contributed by atoms with Crippen molar-refractivity contribution in [3.63, 3.8) is 0 Å². The van der Waals surface area contributed by atoms with Gasteiger partial charge in [0.25, 0.3) is 11.5 Å². The summed E-state index contributed by atoms with van der Waals surface area (Å²) in [6.45, 7) is 1.51. The SMILES string of the molecule is C[C@H](CO)NC(=O)c1c[nH]c(=O)cn1. The minimum absolute atomic E-state index is 0.116. The molecule has 1 aromatic heterocycles. The van der Waals surface area contributed by atoms with Gasteiger partial charge in [-0.25, -0.2) is 4.98 Å². The average molecular weight is 197 g/mol. The first kappa shape index (κ1) is 10.4. The fourth-order valence-corrected chi connectivity index (χ4v) is 0.810. The monoisotopic (exact) mass is 197 g/mol. The van der Waals surface area contributed by atoms with Crippen LogP contribution in [0.2, 0.25) is 0 Å². The molecule has 0 saturated heterocycles. The van der Waals surface area contributed by atoms with Gasteiger partial charge in [0.2, 0.25) is 0 Å². The van der Waals surface area contributed by atoms with Gasteiger partial charge in [0.05, 0.1) is 12.8 Å². The maximum absolute atomic E-state index is 11.3. The number of aliphatic hydroxyl groups is 1. The number of hydrogen-bond acceptors (Lipinski definition) is 4. The van der Waals surface area contributed by atoms with Crippen LogP contribution in [0.25, 0.3) is 0 Å². The molecule has 1 rings (SSSR count). The first-order valence-electron chi connectivity index (χ1n) is 4.10. The highest BCUT2D eigenvalue weighted by Gasteiger charge is 2.09. The fourth-order valence-electron chi connectivity index (χ4n) is 0.810. The second-order valence-corrected chi connectivity index (χ2v) is 2.85. The standard InChI is InChI=1S/C8H11N3O3/c1-5(4-12)11-8(14)6-2-10-7(13)3-9-6/h2-3,5,12H,4H2,1H3,(H,10,13)(H,11,14)/t5-/m1/s1. The maximum Gasteiger partial charge on any atom is 0.271 e. The smallest absolute Gasteiger partial charge is 0.271 e. The molecule has 0 unspecified atom stereocenters. The summed E-state index contributed by atoms with van der Waals surface area (Å²) in [7, 11) is 0. The lowest BCUT2D eigenvalue weighted by molar-refractivity contribution is 0.0917. The molecule has 0 aliphatic rings. The molecule has 0 saturated carbocycles. The van der Waals surface area contributed by atoms with Gasteiger partial charge in [-0.05, 0) is 6.92 Å². The Morgan fingerprint density at radius 3 is 3.00 bits per heavy atom. The lowest BCUT2D eigenvalue weighted by Crippen LogP contribution is -2.35. The number of rotatable bonds is 3. The Morgan fingerprint density at radius 1 is 1.79 bits per heavy atom. The Bertz CT molecular complexity index is 354. The summed E-state index contributed by atoms with van der Waals surface area (Å²) in [6, 6.07) is -0.337. The van der Waals surface area contributed by atoms with E-state index in [4.69, 9.17) is 5.11 Å². The number of hydrogen-bond donors (Lipinski definition) is 3. The van der Waals surface area contributed by atoms with Crippen molar-refractivity contribution in [1.29, 1.82) is 0 Å². The summed E-state index contributed by atoms with van der Waals surface area (Å²) >= 11 is 0. The Hall–Kier alpha value is -1.69. The Balaban J connectivity index is 2.70. The molecule has 1 amide bonds. The first-order valence-corrected chi connectivity index (χ1v) is 4.10. The molecule has 0 fully saturated rings. The highest BCUT2D eigenvalue weighted by atomic mass is 16.3. The van der Waals surface area contributed by atoms with Crippen molar-refractivity contribution in [2.24, 2.45) is 0 Å². The quantitative estimate of drug-likeness (QED) is 0.572. The fraction of sp³-hybridized carbons (Fsp3) is 0.375. The summed E-state index contributed by atoms with van der Waals surface area (Å²) in [4.78, 5) is 27.9. The van der Waals surface area contributed by atoms with Crippen molar-refractivity contribution >= 4 is 5.91 Å². The highest BCUT2D eigenvalue weighted by Crippen LogP contribution is 1.89. The van der Waals surface area contributed by atoms with E-state index in [0.717, 1.165) is 6.20 Å². The van der Waals surface area contributed by atoms with Gasteiger partial charge in [0.15, 0.2) is 0 Å². The van der Waals surface area contributed by atoms with E-state index in [1.807, 2.05) is 0 Å². The average Bonchev–Trinajstić information content (AvgIpc) is 2.18. The molecule has 0 aliphatic heterocycles. The lowest BCUT2D eigenvalue weighted by Gasteiger charge is -2.09. The van der Waals surface area contributed by atoms with Gasteiger partial charge < -0.3 is 15.4 Å². The van der Waals surface area contributed by atoms with Crippen LogP contribution in [0.15, 0.2) is 17.2 Å². The molecular weight excluding hydrogens is 186 g/mol. The van der Waals surface area contributed by atoms with Crippen molar-refractivity contribution in [1.82, 2.24) is 15.3 Å². The van der Waals surface area contributed by atoms with Gasteiger partial charge in [-0.15, -0.1) is 0 Å². The number of nitrogens with one attached hydrogen (secondary N) is 2. The molecule has 76 valence electrons. The number of carbonyl (C=O) groups excluding carboxylic acids is 1. The summed E-state index contributed by atoms with van der Waals surface area (Å²) < 4.78 is 0. The molecule has 14 heavy (non-hydrogen) atoms. The van der Waals surface area contributed by atoms with Crippen LogP contribution < -0.4 is 10.9 Å². The largest absolute Gasteiger partial charge is 0.394 e. The van der Waals surface area contributed by atoms with Crippen molar-refractivity contribution in [2.75, 3.05) is 6.61 Å². The number of aromatic amines is 1. The van der Waals surface area contributed by atoms with Gasteiger partial charge in [-0.3, -0.25) is 9.59 Å². The Kier molecular flexibility index (Phi) is 3.35. The Labute approximate surface area is 80.0 Å². The van der Waals surface area contributed by atoms with Crippen LogP contribution in [0.3, 0.4) is 0 Å². The zero-order valence-electron chi connectivity index (χ0n) is 7.65. The van der Waals surface area contributed by atoms with E-state index in [0.29, 0.717) is 0 Å². The van der Waals surface area contributed by atoms with E-state index in [1.54, 1.807) is 6.92 Å². The number of aromatic nitrogens is 2. The minimum Gasteiger partial charge on any atom is -0.394 e. The molecule has 6 nitrogen and oxygen atoms in total. The number of nitrogens with zero attached hydrogens (tertiary/aromatic N) is 1. The van der Waals surface area contributed by atoms with Crippen molar-refractivity contribution in [3.05, 3.63) is 28.4 Å². The van der Waals surface area contributed by atoms with Crippen LogP contribution in [0.1, 0.15) is 17.4 Å². The second kappa shape index (κ2) is 4.52. The molecule has 0 bridgehead atoms. The van der Waals surface area contributed by atoms with Crippen molar-refractivity contribution in [2.45, 2.75) is 13.0 Å². The number of carbonyl (C=O) groups is 1. The maximum atomic E-state index is 11.3. The van der Waals surface area contributed by atoms with E-state index in [1.165, 1.54) is 6.20 Å². The van der Waals surface area contributed by atoms with Crippen LogP contribution in [-0.4, -0.2) is 33.6 Å². The van der Waals surface area contributed by atoms with Gasteiger partial charge in [-0.2, -0.15) is 0 Å². The normalized spacial score (nSPS) is 12.1. The van der Waals surface area contributed by atoms with Crippen LogP contribution in [0.4, 0.5) is 0 Å². The van der Waals surface area contributed by atoms with E-state index in [2.05, 4.69) is 15.3 Å². The molecule has 0 spiro atoms. The summed E-state index contributed by atoms with van der Waals surface area (Å²) in [5.74, 6) is -0.428. The predicted octanol–water partition coefficient (Wildman–Crippen LogP) is -1.12. The zero-order chi connectivity index (χ0) is 10.6. The van der Waals surface area contributed by atoms with E-state index in [-0.39, 0.29) is 23.9 Å². The third-order valence-corrected chi connectivity index (χ3v) is 1.56. The van der Waals surface area contributed by atoms with Gasteiger partial charge in [0.1, 0.15) is 5.69 Å². The third-order valence-electron chi connectivity index (χ3n) is 1.56. The van der Waals surface area contributed by atoms with Crippen molar-refractivity contribution in [3.8, 4) is 0 Å². The summed E-state index contributed by atoms with van der Waals surface area (Å²) in [6.07, 6.45) is 2.25. The molecule has 0 aromatic carbocycles. The van der Waals surface area contributed by atoms with E-state index < -0.39 is 5.91 Å².